The molecule has 194 valence electrons. The molecule has 0 bridgehead atoms. The molecule has 38 heavy (non-hydrogen) atoms. The van der Waals surface area contributed by atoms with Crippen LogP contribution in [-0.2, 0) is 23.2 Å². The maximum atomic E-state index is 14.7. The number of ketones is 1. The first kappa shape index (κ1) is 24.3. The number of allylic oxidation sites excluding steroid dienone is 1. The van der Waals surface area contributed by atoms with Crippen LogP contribution in [0.15, 0.2) is 72.9 Å². The van der Waals surface area contributed by atoms with Gasteiger partial charge in [-0.15, -0.1) is 0 Å². The predicted octanol–water partition coefficient (Wildman–Crippen LogP) is 7.10. The lowest BCUT2D eigenvalue weighted by molar-refractivity contribution is -0.123. The molecule has 5 rings (SSSR count). The van der Waals surface area contributed by atoms with Gasteiger partial charge in [0, 0.05) is 24.0 Å². The predicted molar refractivity (Wildman–Crippen MR) is 150 cm³/mol. The molecule has 3 aromatic carbocycles. The van der Waals surface area contributed by atoms with Gasteiger partial charge in [-0.1, -0.05) is 55.7 Å². The van der Waals surface area contributed by atoms with Gasteiger partial charge in [-0.05, 0) is 78.4 Å². The van der Waals surface area contributed by atoms with Crippen molar-refractivity contribution in [1.29, 1.82) is 0 Å². The molecule has 1 saturated carbocycles. The second kappa shape index (κ2) is 11.1. The Morgan fingerprint density at radius 2 is 1.79 bits per heavy atom. The lowest BCUT2D eigenvalue weighted by Gasteiger charge is -2.30. The summed E-state index contributed by atoms with van der Waals surface area (Å²) >= 11 is 0. The van der Waals surface area contributed by atoms with Crippen molar-refractivity contribution < 1.29 is 15.4 Å². The van der Waals surface area contributed by atoms with Crippen LogP contribution in [0.25, 0.3) is 28.1 Å². The van der Waals surface area contributed by atoms with Crippen LogP contribution in [0.1, 0.15) is 51.5 Å². The Balaban J connectivity index is 1.49. The van der Waals surface area contributed by atoms with Crippen molar-refractivity contribution in [3.8, 4) is 11.1 Å². The van der Waals surface area contributed by atoms with Crippen LogP contribution in [0.2, 0.25) is 0 Å². The van der Waals surface area contributed by atoms with E-state index in [0.717, 1.165) is 54.1 Å². The number of aromatic nitrogens is 2. The van der Waals surface area contributed by atoms with E-state index in [2.05, 4.69) is 11.2 Å². The SMILES string of the molecule is [2H]C(c1ccc(-c2ccc3c(cnn3C)c2)cc1)N(C(=O)C1CCCCC1)c1cc(F)cc(/C=C/C(C)=O)c1. The molecule has 1 atom stereocenters. The van der Waals surface area contributed by atoms with Gasteiger partial charge in [-0.25, -0.2) is 4.39 Å². The van der Waals surface area contributed by atoms with Gasteiger partial charge in [0.05, 0.1) is 19.6 Å². The zero-order chi connectivity index (χ0) is 27.5. The van der Waals surface area contributed by atoms with E-state index in [0.29, 0.717) is 16.8 Å². The fraction of sp³-hybridized carbons (Fsp3) is 0.281. The summed E-state index contributed by atoms with van der Waals surface area (Å²) in [5.74, 6) is -1.04. The maximum absolute atomic E-state index is 14.7. The van der Waals surface area contributed by atoms with Crippen LogP contribution < -0.4 is 4.90 Å². The molecule has 5 nitrogen and oxygen atoms in total. The number of hydrogen-bond acceptors (Lipinski definition) is 3. The van der Waals surface area contributed by atoms with Gasteiger partial charge in [0.1, 0.15) is 5.82 Å². The highest BCUT2D eigenvalue weighted by atomic mass is 19.1. The molecule has 1 aliphatic carbocycles. The fourth-order valence-corrected chi connectivity index (χ4v) is 5.11. The summed E-state index contributed by atoms with van der Waals surface area (Å²) in [6.45, 7) is 0.370. The molecule has 6 heteroatoms. The average Bonchev–Trinajstić information content (AvgIpc) is 3.32. The zero-order valence-electron chi connectivity index (χ0n) is 22.7. The number of hydrogen-bond donors (Lipinski definition) is 0. The van der Waals surface area contributed by atoms with E-state index in [1.54, 1.807) is 6.07 Å². The second-order valence-electron chi connectivity index (χ2n) is 10.0. The van der Waals surface area contributed by atoms with Crippen molar-refractivity contribution >= 4 is 34.4 Å². The van der Waals surface area contributed by atoms with Gasteiger partial charge in [0.15, 0.2) is 5.78 Å². The molecule has 1 aromatic heterocycles. The summed E-state index contributed by atoms with van der Waals surface area (Å²) in [5, 5.41) is 5.35. The van der Waals surface area contributed by atoms with Crippen LogP contribution in [-0.4, -0.2) is 21.5 Å². The number of aryl methyl sites for hydroxylation is 1. The highest BCUT2D eigenvalue weighted by Crippen LogP contribution is 2.31. The Morgan fingerprint density at radius 3 is 2.53 bits per heavy atom. The van der Waals surface area contributed by atoms with E-state index in [9.17, 15) is 14.0 Å². The molecule has 0 aliphatic heterocycles. The van der Waals surface area contributed by atoms with E-state index >= 15 is 0 Å². The molecule has 0 radical (unpaired) electrons. The van der Waals surface area contributed by atoms with Crippen molar-refractivity contribution in [2.45, 2.75) is 45.5 Å². The Kier molecular flexibility index (Phi) is 7.12. The highest BCUT2D eigenvalue weighted by molar-refractivity contribution is 5.96. The minimum absolute atomic E-state index is 0.155. The van der Waals surface area contributed by atoms with Gasteiger partial charge in [0.2, 0.25) is 5.91 Å². The third kappa shape index (κ3) is 5.75. The molecule has 1 aliphatic rings. The van der Waals surface area contributed by atoms with E-state index in [-0.39, 0.29) is 17.6 Å². The molecule has 0 saturated heterocycles. The van der Waals surface area contributed by atoms with Gasteiger partial charge < -0.3 is 4.90 Å². The number of amides is 1. The summed E-state index contributed by atoms with van der Waals surface area (Å²) < 4.78 is 25.7. The van der Waals surface area contributed by atoms with Crippen molar-refractivity contribution in [2.75, 3.05) is 4.90 Å². The third-order valence-electron chi connectivity index (χ3n) is 7.15. The molecule has 1 heterocycles. The molecule has 1 unspecified atom stereocenters. The number of fused-ring (bicyclic) bond motifs is 1. The minimum Gasteiger partial charge on any atom is -0.308 e. The second-order valence-corrected chi connectivity index (χ2v) is 10.0. The summed E-state index contributed by atoms with van der Waals surface area (Å²) in [7, 11) is 1.91. The van der Waals surface area contributed by atoms with Gasteiger partial charge in [0.25, 0.3) is 0 Å². The molecule has 0 N–H and O–H groups in total. The summed E-state index contributed by atoms with van der Waals surface area (Å²) in [6, 6.07) is 18.1. The van der Waals surface area contributed by atoms with Crippen molar-refractivity contribution in [3.63, 3.8) is 0 Å². The number of anilines is 1. The Hall–Kier alpha value is -4.06. The lowest BCUT2D eigenvalue weighted by atomic mass is 9.88. The number of rotatable bonds is 7. The summed E-state index contributed by atoms with van der Waals surface area (Å²) in [5.41, 5.74) is 4.49. The van der Waals surface area contributed by atoms with Crippen LogP contribution in [0.5, 0.6) is 0 Å². The molecule has 4 aromatic rings. The first-order valence-electron chi connectivity index (χ1n) is 13.6. The summed E-state index contributed by atoms with van der Waals surface area (Å²) in [6.07, 6.45) is 9.31. The largest absolute Gasteiger partial charge is 0.308 e. The van der Waals surface area contributed by atoms with Crippen LogP contribution >= 0.6 is 0 Å². The molecular weight excluding hydrogens is 477 g/mol. The number of carbonyl (C=O) groups is 2. The quantitative estimate of drug-likeness (QED) is 0.249. The van der Waals surface area contributed by atoms with Crippen LogP contribution in [0.4, 0.5) is 10.1 Å². The van der Waals surface area contributed by atoms with E-state index in [1.165, 1.54) is 36.1 Å². The molecular formula is C32H32FN3O2. The van der Waals surface area contributed by atoms with E-state index in [4.69, 9.17) is 1.37 Å². The fourth-order valence-electron chi connectivity index (χ4n) is 5.11. The van der Waals surface area contributed by atoms with Gasteiger partial charge >= 0.3 is 0 Å². The molecule has 1 fully saturated rings. The van der Waals surface area contributed by atoms with Crippen molar-refractivity contribution in [3.05, 3.63) is 89.9 Å². The standard InChI is InChI=1S/C32H32FN3O2/c1-22(37)8-9-24-16-29(33)19-30(17-24)36(32(38)26-6-4-3-5-7-26)21-23-10-12-25(13-11-23)27-14-15-31-28(18-27)20-34-35(31)2/h8-20,26H,3-7,21H2,1-2H3/b9-8+/i21D. The van der Waals surface area contributed by atoms with E-state index < -0.39 is 12.3 Å². The Morgan fingerprint density at radius 1 is 1.05 bits per heavy atom. The van der Waals surface area contributed by atoms with Gasteiger partial charge in [-0.3, -0.25) is 14.3 Å². The topological polar surface area (TPSA) is 55.2 Å². The minimum atomic E-state index is -1.05. The first-order chi connectivity index (χ1) is 18.8. The average molecular weight is 511 g/mol. The third-order valence-corrected chi connectivity index (χ3v) is 7.15. The number of carbonyl (C=O) groups excluding carboxylic acids is 2. The summed E-state index contributed by atoms with van der Waals surface area (Å²) in [4.78, 5) is 26.7. The van der Waals surface area contributed by atoms with Crippen molar-refractivity contribution in [2.24, 2.45) is 13.0 Å². The first-order valence-corrected chi connectivity index (χ1v) is 13.1. The maximum Gasteiger partial charge on any atom is 0.230 e. The van der Waals surface area contributed by atoms with Gasteiger partial charge in [-0.2, -0.15) is 5.10 Å². The van der Waals surface area contributed by atoms with Crippen molar-refractivity contribution in [1.82, 2.24) is 9.78 Å². The number of halogens is 1. The molecule has 0 spiro atoms. The normalized spacial score (nSPS) is 15.5. The number of benzene rings is 3. The monoisotopic (exact) mass is 510 g/mol. The lowest BCUT2D eigenvalue weighted by Crippen LogP contribution is -2.36. The van der Waals surface area contributed by atoms with Crippen LogP contribution in [0, 0.1) is 11.7 Å². The molecule has 1 amide bonds. The Bertz CT molecular complexity index is 1540. The highest BCUT2D eigenvalue weighted by Gasteiger charge is 2.27. The van der Waals surface area contributed by atoms with Crippen LogP contribution in [0.3, 0.4) is 0 Å². The Labute approximate surface area is 224 Å². The number of nitrogens with zero attached hydrogens (tertiary/aromatic N) is 3. The zero-order valence-corrected chi connectivity index (χ0v) is 21.7. The smallest absolute Gasteiger partial charge is 0.230 e. The van der Waals surface area contributed by atoms with E-state index in [1.807, 2.05) is 54.3 Å².